The van der Waals surface area contributed by atoms with Crippen molar-refractivity contribution in [2.45, 2.75) is 25.4 Å². The van der Waals surface area contributed by atoms with Crippen LogP contribution < -0.4 is 11.1 Å². The minimum absolute atomic E-state index is 0.450. The molecule has 0 aromatic carbocycles. The number of rotatable bonds is 6. The zero-order valence-corrected chi connectivity index (χ0v) is 8.60. The summed E-state index contributed by atoms with van der Waals surface area (Å²) in [6, 6.07) is -1.44. The standard InChI is InChI=1S/C9H16N4O2/c1-2-3-12-8(7(10)9(14)15)6-4-11-5-13-6/h4-5,7-8,12H,2-3,10H2,1H3,(H,11,13)(H,14,15). The second kappa shape index (κ2) is 5.47. The second-order valence-corrected chi connectivity index (χ2v) is 3.29. The molecule has 0 aliphatic carbocycles. The number of hydrogen-bond acceptors (Lipinski definition) is 4. The quantitative estimate of drug-likeness (QED) is 0.525. The van der Waals surface area contributed by atoms with Crippen molar-refractivity contribution in [1.82, 2.24) is 15.3 Å². The van der Waals surface area contributed by atoms with E-state index in [0.717, 1.165) is 6.42 Å². The van der Waals surface area contributed by atoms with Crippen molar-refractivity contribution in [3.8, 4) is 0 Å². The highest BCUT2D eigenvalue weighted by atomic mass is 16.4. The molecule has 0 radical (unpaired) electrons. The van der Waals surface area contributed by atoms with Crippen LogP contribution in [0.15, 0.2) is 12.5 Å². The minimum atomic E-state index is -1.04. The molecule has 1 rings (SSSR count). The number of nitrogens with one attached hydrogen (secondary N) is 2. The predicted octanol–water partition coefficient (Wildman–Crippen LogP) is -0.138. The van der Waals surface area contributed by atoms with Gasteiger partial charge in [0.15, 0.2) is 0 Å². The van der Waals surface area contributed by atoms with Gasteiger partial charge >= 0.3 is 5.97 Å². The van der Waals surface area contributed by atoms with E-state index in [2.05, 4.69) is 15.3 Å². The normalized spacial score (nSPS) is 14.8. The molecule has 0 saturated carbocycles. The molecule has 0 saturated heterocycles. The van der Waals surface area contributed by atoms with Crippen LogP contribution in [0.1, 0.15) is 25.1 Å². The van der Waals surface area contributed by atoms with Crippen molar-refractivity contribution < 1.29 is 9.90 Å². The van der Waals surface area contributed by atoms with Crippen molar-refractivity contribution in [3.05, 3.63) is 18.2 Å². The molecule has 15 heavy (non-hydrogen) atoms. The molecule has 5 N–H and O–H groups in total. The smallest absolute Gasteiger partial charge is 0.322 e. The molecule has 1 aromatic heterocycles. The summed E-state index contributed by atoms with van der Waals surface area (Å²) < 4.78 is 0. The van der Waals surface area contributed by atoms with Crippen molar-refractivity contribution in [2.75, 3.05) is 6.54 Å². The number of carbonyl (C=O) groups is 1. The van der Waals surface area contributed by atoms with Gasteiger partial charge in [0.1, 0.15) is 6.04 Å². The second-order valence-electron chi connectivity index (χ2n) is 3.29. The van der Waals surface area contributed by atoms with Gasteiger partial charge in [0, 0.05) is 6.20 Å². The first-order valence-corrected chi connectivity index (χ1v) is 4.87. The highest BCUT2D eigenvalue weighted by Gasteiger charge is 2.26. The molecule has 84 valence electrons. The van der Waals surface area contributed by atoms with E-state index < -0.39 is 18.1 Å². The molecule has 0 aliphatic heterocycles. The van der Waals surface area contributed by atoms with Gasteiger partial charge in [-0.15, -0.1) is 0 Å². The summed E-state index contributed by atoms with van der Waals surface area (Å²) in [5.41, 5.74) is 6.20. The molecule has 2 atom stereocenters. The van der Waals surface area contributed by atoms with Crippen LogP contribution in [0, 0.1) is 0 Å². The maximum atomic E-state index is 10.8. The summed E-state index contributed by atoms with van der Waals surface area (Å²) in [4.78, 5) is 17.6. The lowest BCUT2D eigenvalue weighted by Crippen LogP contribution is -2.43. The molecule has 0 aliphatic rings. The first-order valence-electron chi connectivity index (χ1n) is 4.87. The van der Waals surface area contributed by atoms with Crippen molar-refractivity contribution in [1.29, 1.82) is 0 Å². The number of nitrogens with two attached hydrogens (primary N) is 1. The van der Waals surface area contributed by atoms with Gasteiger partial charge in [-0.05, 0) is 13.0 Å². The molecule has 0 spiro atoms. The van der Waals surface area contributed by atoms with E-state index in [-0.39, 0.29) is 0 Å². The van der Waals surface area contributed by atoms with Crippen LogP contribution in [0.3, 0.4) is 0 Å². The summed E-state index contributed by atoms with van der Waals surface area (Å²) >= 11 is 0. The number of imidazole rings is 1. The lowest BCUT2D eigenvalue weighted by Gasteiger charge is -2.20. The largest absolute Gasteiger partial charge is 0.480 e. The van der Waals surface area contributed by atoms with Crippen LogP contribution in [0.25, 0.3) is 0 Å². The molecule has 0 fully saturated rings. The number of carboxylic acids is 1. The van der Waals surface area contributed by atoms with Crippen molar-refractivity contribution >= 4 is 5.97 Å². The Bertz CT molecular complexity index is 299. The van der Waals surface area contributed by atoms with Gasteiger partial charge in [0.2, 0.25) is 0 Å². The predicted molar refractivity (Wildman–Crippen MR) is 55.2 cm³/mol. The summed E-state index contributed by atoms with van der Waals surface area (Å²) in [7, 11) is 0. The summed E-state index contributed by atoms with van der Waals surface area (Å²) in [5.74, 6) is -1.04. The zero-order valence-electron chi connectivity index (χ0n) is 8.60. The highest BCUT2D eigenvalue weighted by molar-refractivity contribution is 5.74. The number of aromatic nitrogens is 2. The number of nitrogens with zero attached hydrogens (tertiary/aromatic N) is 1. The number of hydrogen-bond donors (Lipinski definition) is 4. The van der Waals surface area contributed by atoms with Crippen LogP contribution in [-0.2, 0) is 4.79 Å². The summed E-state index contributed by atoms with van der Waals surface area (Å²) in [5, 5.41) is 11.9. The van der Waals surface area contributed by atoms with E-state index in [1.165, 1.54) is 6.33 Å². The molecule has 0 bridgehead atoms. The lowest BCUT2D eigenvalue weighted by molar-refractivity contribution is -0.139. The Hall–Kier alpha value is -1.40. The fraction of sp³-hybridized carbons (Fsp3) is 0.556. The van der Waals surface area contributed by atoms with Gasteiger partial charge in [-0.25, -0.2) is 4.98 Å². The molecule has 1 heterocycles. The third kappa shape index (κ3) is 3.03. The van der Waals surface area contributed by atoms with E-state index >= 15 is 0 Å². The Labute approximate surface area is 87.9 Å². The molecular weight excluding hydrogens is 196 g/mol. The Kier molecular flexibility index (Phi) is 4.26. The Morgan fingerprint density at radius 3 is 3.00 bits per heavy atom. The summed E-state index contributed by atoms with van der Waals surface area (Å²) in [6.07, 6.45) is 4.06. The molecule has 2 unspecified atom stereocenters. The molecule has 6 heteroatoms. The fourth-order valence-corrected chi connectivity index (χ4v) is 1.30. The van der Waals surface area contributed by atoms with Gasteiger partial charge in [0.25, 0.3) is 0 Å². The molecule has 0 amide bonds. The molecule has 1 aromatic rings. The van der Waals surface area contributed by atoms with Gasteiger partial charge in [-0.2, -0.15) is 0 Å². The highest BCUT2D eigenvalue weighted by Crippen LogP contribution is 2.12. The lowest BCUT2D eigenvalue weighted by atomic mass is 10.1. The maximum Gasteiger partial charge on any atom is 0.322 e. The fourth-order valence-electron chi connectivity index (χ4n) is 1.30. The average Bonchev–Trinajstić information content (AvgIpc) is 2.71. The molecule has 6 nitrogen and oxygen atoms in total. The van der Waals surface area contributed by atoms with Crippen LogP contribution in [-0.4, -0.2) is 33.6 Å². The van der Waals surface area contributed by atoms with E-state index in [4.69, 9.17) is 10.8 Å². The van der Waals surface area contributed by atoms with Crippen LogP contribution in [0.2, 0.25) is 0 Å². The number of carboxylic acid groups (broad SMARTS) is 1. The Morgan fingerprint density at radius 2 is 2.53 bits per heavy atom. The third-order valence-corrected chi connectivity index (χ3v) is 2.10. The Morgan fingerprint density at radius 1 is 1.80 bits per heavy atom. The first-order chi connectivity index (χ1) is 7.16. The van der Waals surface area contributed by atoms with E-state index in [9.17, 15) is 4.79 Å². The maximum absolute atomic E-state index is 10.8. The SMILES string of the molecule is CCCNC(c1c[nH]cn1)C(N)C(=O)O. The van der Waals surface area contributed by atoms with Gasteiger partial charge in [0.05, 0.1) is 18.1 Å². The average molecular weight is 212 g/mol. The number of H-pyrrole nitrogens is 1. The first kappa shape index (κ1) is 11.7. The number of aromatic amines is 1. The zero-order chi connectivity index (χ0) is 11.3. The van der Waals surface area contributed by atoms with Gasteiger partial charge in [-0.3, -0.25) is 4.79 Å². The monoisotopic (exact) mass is 212 g/mol. The van der Waals surface area contributed by atoms with E-state index in [0.29, 0.717) is 12.2 Å². The van der Waals surface area contributed by atoms with Gasteiger partial charge < -0.3 is 21.1 Å². The number of aliphatic carboxylic acids is 1. The van der Waals surface area contributed by atoms with Crippen LogP contribution in [0.4, 0.5) is 0 Å². The van der Waals surface area contributed by atoms with E-state index in [1.807, 2.05) is 6.92 Å². The van der Waals surface area contributed by atoms with Crippen molar-refractivity contribution in [3.63, 3.8) is 0 Å². The van der Waals surface area contributed by atoms with Crippen LogP contribution in [0.5, 0.6) is 0 Å². The third-order valence-electron chi connectivity index (χ3n) is 2.10. The van der Waals surface area contributed by atoms with Crippen LogP contribution >= 0.6 is 0 Å². The molecular formula is C9H16N4O2. The van der Waals surface area contributed by atoms with Crippen molar-refractivity contribution in [2.24, 2.45) is 5.73 Å². The topological polar surface area (TPSA) is 104 Å². The Balaban J connectivity index is 2.73. The van der Waals surface area contributed by atoms with E-state index in [1.54, 1.807) is 6.20 Å². The minimum Gasteiger partial charge on any atom is -0.480 e. The summed E-state index contributed by atoms with van der Waals surface area (Å²) in [6.45, 7) is 2.71. The van der Waals surface area contributed by atoms with Gasteiger partial charge in [-0.1, -0.05) is 6.92 Å².